The summed E-state index contributed by atoms with van der Waals surface area (Å²) >= 11 is 0. The van der Waals surface area contributed by atoms with Crippen LogP contribution < -0.4 is 4.74 Å². The topological polar surface area (TPSA) is 38.8 Å². The third-order valence-electron chi connectivity index (χ3n) is 8.78. The molecule has 0 N–H and O–H groups in total. The number of hydrogen-bond donors (Lipinski definition) is 0. The van der Waals surface area contributed by atoms with Crippen LogP contribution in [0.15, 0.2) is 24.3 Å². The van der Waals surface area contributed by atoms with E-state index in [0.29, 0.717) is 6.04 Å². The Hall–Kier alpha value is -1.65. The number of carbonyl (C=O) groups is 1. The molecule has 4 heteroatoms. The number of likely N-dealkylation sites (N-methyl/N-ethyl adjacent to an activating group) is 1. The van der Waals surface area contributed by atoms with Gasteiger partial charge in [0.1, 0.15) is 23.2 Å². The van der Waals surface area contributed by atoms with Gasteiger partial charge in [-0.1, -0.05) is 24.3 Å². The second-order valence-corrected chi connectivity index (χ2v) is 9.46. The van der Waals surface area contributed by atoms with Crippen molar-refractivity contribution in [3.63, 3.8) is 0 Å². The van der Waals surface area contributed by atoms with Gasteiger partial charge in [0.2, 0.25) is 0 Å². The molecular formula is C23H27NO3. The normalized spacial score (nSPS) is 45.6. The van der Waals surface area contributed by atoms with E-state index in [-0.39, 0.29) is 28.6 Å². The molecule has 0 amide bonds. The minimum absolute atomic E-state index is 0.0483. The van der Waals surface area contributed by atoms with Crippen molar-refractivity contribution in [3.05, 3.63) is 41.0 Å². The fraction of sp³-hybridized carbons (Fsp3) is 0.609. The van der Waals surface area contributed by atoms with Crippen LogP contribution in [0.3, 0.4) is 0 Å². The molecule has 2 spiro atoms. The molecular weight excluding hydrogens is 338 g/mol. The van der Waals surface area contributed by atoms with Crippen LogP contribution in [0.1, 0.15) is 36.5 Å². The van der Waals surface area contributed by atoms with Crippen LogP contribution >= 0.6 is 0 Å². The van der Waals surface area contributed by atoms with Crippen LogP contribution in [0.2, 0.25) is 0 Å². The van der Waals surface area contributed by atoms with Crippen LogP contribution in [-0.4, -0.2) is 49.1 Å². The lowest BCUT2D eigenvalue weighted by molar-refractivity contribution is -0.212. The molecule has 0 radical (unpaired) electrons. The number of piperidine rings is 1. The van der Waals surface area contributed by atoms with Gasteiger partial charge in [-0.15, -0.1) is 0 Å². The zero-order chi connectivity index (χ0) is 18.8. The zero-order valence-corrected chi connectivity index (χ0v) is 16.5. The highest BCUT2D eigenvalue weighted by molar-refractivity contribution is 5.82. The van der Waals surface area contributed by atoms with Gasteiger partial charge in [-0.05, 0) is 57.8 Å². The van der Waals surface area contributed by atoms with E-state index in [9.17, 15) is 4.79 Å². The molecule has 4 bridgehead atoms. The monoisotopic (exact) mass is 365 g/mol. The molecule has 2 heterocycles. The van der Waals surface area contributed by atoms with E-state index in [2.05, 4.69) is 43.2 Å². The second kappa shape index (κ2) is 4.66. The van der Waals surface area contributed by atoms with Crippen molar-refractivity contribution in [2.24, 2.45) is 11.3 Å². The molecule has 1 saturated heterocycles. The first-order valence-corrected chi connectivity index (χ1v) is 10.2. The van der Waals surface area contributed by atoms with Crippen LogP contribution in [-0.2, 0) is 21.4 Å². The van der Waals surface area contributed by atoms with Crippen LogP contribution in [0, 0.1) is 18.3 Å². The summed E-state index contributed by atoms with van der Waals surface area (Å²) in [4.78, 5) is 15.3. The molecule has 2 fully saturated rings. The molecule has 7 rings (SSSR count). The highest BCUT2D eigenvalue weighted by Gasteiger charge is 2.79. The van der Waals surface area contributed by atoms with Gasteiger partial charge in [-0.25, -0.2) is 0 Å². The Balaban J connectivity index is 1.73. The number of ketones is 1. The summed E-state index contributed by atoms with van der Waals surface area (Å²) in [6.07, 6.45) is 7.48. The Morgan fingerprint density at radius 3 is 2.89 bits per heavy atom. The number of fused-ring (bicyclic) bond motifs is 1. The summed E-state index contributed by atoms with van der Waals surface area (Å²) in [6.45, 7) is 4.94. The third kappa shape index (κ3) is 1.46. The lowest BCUT2D eigenvalue weighted by Crippen LogP contribution is -2.79. The first-order chi connectivity index (χ1) is 12.9. The first-order valence-electron chi connectivity index (χ1n) is 10.2. The number of hydrogen-bond acceptors (Lipinski definition) is 4. The molecule has 142 valence electrons. The summed E-state index contributed by atoms with van der Waals surface area (Å²) < 4.78 is 13.0. The molecule has 27 heavy (non-hydrogen) atoms. The van der Waals surface area contributed by atoms with Crippen LogP contribution in [0.5, 0.6) is 5.75 Å². The van der Waals surface area contributed by atoms with Crippen molar-refractivity contribution in [1.82, 2.24) is 4.90 Å². The minimum atomic E-state index is -0.659. The van der Waals surface area contributed by atoms with Crippen LogP contribution in [0.25, 0.3) is 0 Å². The average Bonchev–Trinajstić information content (AvgIpc) is 3.03. The lowest BCUT2D eigenvalue weighted by Gasteiger charge is -2.70. The SMILES string of the molecule is CO[C@]12C=C[C@@]3(C[C@@H]1C(C)=O)C1Cc4ccc(C)c5c4C3(CCN1C)[C@H]2O5. The second-order valence-electron chi connectivity index (χ2n) is 9.46. The zero-order valence-electron chi connectivity index (χ0n) is 16.5. The molecule has 4 nitrogen and oxygen atoms in total. The number of benzene rings is 1. The van der Waals surface area contributed by atoms with Crippen molar-refractivity contribution in [2.45, 2.75) is 56.3 Å². The highest BCUT2D eigenvalue weighted by atomic mass is 16.6. The number of methoxy groups -OCH3 is 1. The van der Waals surface area contributed by atoms with Gasteiger partial charge in [0, 0.05) is 24.1 Å². The van der Waals surface area contributed by atoms with E-state index < -0.39 is 5.60 Å². The van der Waals surface area contributed by atoms with Crippen molar-refractivity contribution < 1.29 is 14.3 Å². The van der Waals surface area contributed by atoms with Gasteiger partial charge >= 0.3 is 0 Å². The van der Waals surface area contributed by atoms with Crippen molar-refractivity contribution in [3.8, 4) is 5.75 Å². The van der Waals surface area contributed by atoms with Gasteiger partial charge in [0.15, 0.2) is 0 Å². The van der Waals surface area contributed by atoms with Gasteiger partial charge < -0.3 is 14.4 Å². The van der Waals surface area contributed by atoms with Gasteiger partial charge in [-0.2, -0.15) is 0 Å². The van der Waals surface area contributed by atoms with Gasteiger partial charge in [-0.3, -0.25) is 4.79 Å². The Kier molecular flexibility index (Phi) is 2.82. The number of ether oxygens (including phenoxy) is 2. The van der Waals surface area contributed by atoms with E-state index in [1.807, 2.05) is 0 Å². The van der Waals surface area contributed by atoms with Crippen molar-refractivity contribution in [2.75, 3.05) is 20.7 Å². The molecule has 4 aliphatic carbocycles. The molecule has 6 aliphatic rings. The number of rotatable bonds is 2. The Bertz CT molecular complexity index is 922. The molecule has 0 aromatic heterocycles. The van der Waals surface area contributed by atoms with Crippen molar-refractivity contribution >= 4 is 5.78 Å². The lowest BCUT2D eigenvalue weighted by atomic mass is 9.37. The first kappa shape index (κ1) is 16.3. The molecule has 6 atom stereocenters. The fourth-order valence-electron chi connectivity index (χ4n) is 7.66. The van der Waals surface area contributed by atoms with Gasteiger partial charge in [0.05, 0.1) is 11.3 Å². The van der Waals surface area contributed by atoms with Crippen molar-refractivity contribution in [1.29, 1.82) is 0 Å². The summed E-state index contributed by atoms with van der Waals surface area (Å²) in [5.74, 6) is 1.15. The number of nitrogens with zero attached hydrogens (tertiary/aromatic N) is 1. The molecule has 2 unspecified atom stereocenters. The average molecular weight is 365 g/mol. The molecule has 2 aliphatic heterocycles. The summed E-state index contributed by atoms with van der Waals surface area (Å²) in [7, 11) is 4.01. The quantitative estimate of drug-likeness (QED) is 0.756. The predicted molar refractivity (Wildman–Crippen MR) is 102 cm³/mol. The summed E-state index contributed by atoms with van der Waals surface area (Å²) in [6, 6.07) is 4.92. The number of carbonyl (C=O) groups excluding carboxylic acids is 1. The van der Waals surface area contributed by atoms with E-state index in [1.54, 1.807) is 14.0 Å². The van der Waals surface area contributed by atoms with E-state index >= 15 is 0 Å². The summed E-state index contributed by atoms with van der Waals surface area (Å²) in [5.41, 5.74) is 3.30. The largest absolute Gasteiger partial charge is 0.485 e. The number of likely N-dealkylation sites (tertiary alicyclic amines) is 1. The Morgan fingerprint density at radius 1 is 1.33 bits per heavy atom. The van der Waals surface area contributed by atoms with E-state index in [0.717, 1.165) is 31.6 Å². The van der Waals surface area contributed by atoms with E-state index in [1.165, 1.54) is 16.7 Å². The maximum absolute atomic E-state index is 12.8. The maximum Gasteiger partial charge on any atom is 0.143 e. The standard InChI is InChI=1S/C23H27NO3/c1-13-5-6-15-11-17-21-7-8-23(26-4,16(12-21)14(2)25)20-22(21,9-10-24(17)3)18(15)19(13)27-20/h5-8,16-17,20H,9-12H2,1-4H3/t16-,17?,20-,21-,22?,23-/m1/s1. The number of aryl methyl sites for hydroxylation is 1. The third-order valence-corrected chi connectivity index (χ3v) is 8.78. The molecule has 1 aromatic carbocycles. The van der Waals surface area contributed by atoms with Crippen LogP contribution in [0.4, 0.5) is 0 Å². The Labute approximate surface area is 160 Å². The fourth-order valence-corrected chi connectivity index (χ4v) is 7.66. The molecule has 1 saturated carbocycles. The highest BCUT2D eigenvalue weighted by Crippen LogP contribution is 2.74. The number of Topliss-reactive ketones (excluding diaryl/α,β-unsaturated/α-hetero) is 1. The van der Waals surface area contributed by atoms with E-state index in [4.69, 9.17) is 9.47 Å². The molecule has 1 aromatic rings. The predicted octanol–water partition coefficient (Wildman–Crippen LogP) is 2.80. The maximum atomic E-state index is 12.8. The summed E-state index contributed by atoms with van der Waals surface area (Å²) in [5, 5.41) is 0. The Morgan fingerprint density at radius 2 is 2.15 bits per heavy atom. The minimum Gasteiger partial charge on any atom is -0.485 e. The smallest absolute Gasteiger partial charge is 0.143 e. The van der Waals surface area contributed by atoms with Gasteiger partial charge in [0.25, 0.3) is 0 Å².